The molecule has 1 aromatic rings. The summed E-state index contributed by atoms with van der Waals surface area (Å²) in [6.45, 7) is 8.17. The van der Waals surface area contributed by atoms with Crippen LogP contribution in [0.1, 0.15) is 47.0 Å². The van der Waals surface area contributed by atoms with Crippen molar-refractivity contribution in [2.24, 2.45) is 16.7 Å². The second-order valence-electron chi connectivity index (χ2n) is 7.99. The predicted octanol–water partition coefficient (Wildman–Crippen LogP) is 3.14. The predicted molar refractivity (Wildman–Crippen MR) is 94.1 cm³/mol. The molecule has 0 aromatic heterocycles. The largest absolute Gasteiger partial charge is 0.326 e. The molecule has 2 bridgehead atoms. The molecule has 0 spiro atoms. The minimum absolute atomic E-state index is 0.000856. The topological polar surface area (TPSA) is 75.3 Å². The third-order valence-corrected chi connectivity index (χ3v) is 8.06. The van der Waals surface area contributed by atoms with Crippen molar-refractivity contribution < 1.29 is 13.2 Å². The number of amides is 1. The first-order chi connectivity index (χ1) is 11.1. The molecule has 24 heavy (non-hydrogen) atoms. The molecule has 6 heteroatoms. The summed E-state index contributed by atoms with van der Waals surface area (Å²) in [5.74, 6) is 0.401. The van der Waals surface area contributed by atoms with Gasteiger partial charge in [0.1, 0.15) is 0 Å². The highest BCUT2D eigenvalue weighted by molar-refractivity contribution is 7.89. The smallest absolute Gasteiger partial charge is 0.240 e. The number of rotatable bonds is 4. The first-order valence-corrected chi connectivity index (χ1v) is 9.94. The van der Waals surface area contributed by atoms with Crippen LogP contribution in [-0.4, -0.2) is 20.4 Å². The maximum absolute atomic E-state index is 12.8. The standard InChI is InChI=1S/C18H26N2O3S/c1-12(21)19-14-5-7-15(8-6-14)24(22,23)20-16-11-13-9-10-18(16,4)17(13,2)3/h5-8,13,16,20H,9-11H2,1-4H3,(H,19,21)/t13-,16+,18+/m0/s1. The zero-order chi connectivity index (χ0) is 17.8. The fourth-order valence-electron chi connectivity index (χ4n) is 4.56. The first-order valence-electron chi connectivity index (χ1n) is 8.46. The lowest BCUT2D eigenvalue weighted by Crippen LogP contribution is -2.46. The van der Waals surface area contributed by atoms with Crippen LogP contribution in [0.3, 0.4) is 0 Å². The van der Waals surface area contributed by atoms with Crippen molar-refractivity contribution in [3.8, 4) is 0 Å². The molecule has 0 saturated heterocycles. The monoisotopic (exact) mass is 350 g/mol. The molecule has 2 aliphatic carbocycles. The molecule has 2 aliphatic rings. The highest BCUT2D eigenvalue weighted by Crippen LogP contribution is 2.65. The van der Waals surface area contributed by atoms with E-state index in [0.717, 1.165) is 12.8 Å². The molecule has 2 saturated carbocycles. The van der Waals surface area contributed by atoms with Gasteiger partial charge in [0.2, 0.25) is 15.9 Å². The summed E-state index contributed by atoms with van der Waals surface area (Å²) in [6, 6.07) is 6.28. The van der Waals surface area contributed by atoms with Crippen molar-refractivity contribution in [1.82, 2.24) is 4.72 Å². The molecular weight excluding hydrogens is 324 g/mol. The Hall–Kier alpha value is -1.40. The third kappa shape index (κ3) is 2.65. The van der Waals surface area contributed by atoms with Crippen LogP contribution < -0.4 is 10.0 Å². The Morgan fingerprint density at radius 3 is 2.25 bits per heavy atom. The average molecular weight is 350 g/mol. The van der Waals surface area contributed by atoms with Crippen molar-refractivity contribution in [3.63, 3.8) is 0 Å². The summed E-state index contributed by atoms with van der Waals surface area (Å²) < 4.78 is 28.4. The molecule has 1 aromatic carbocycles. The molecule has 5 nitrogen and oxygen atoms in total. The van der Waals surface area contributed by atoms with Gasteiger partial charge in [0.05, 0.1) is 4.90 Å². The van der Waals surface area contributed by atoms with Crippen molar-refractivity contribution in [2.75, 3.05) is 5.32 Å². The second-order valence-corrected chi connectivity index (χ2v) is 9.70. The van der Waals surface area contributed by atoms with Gasteiger partial charge in [-0.1, -0.05) is 20.8 Å². The number of sulfonamides is 1. The van der Waals surface area contributed by atoms with Gasteiger partial charge in [-0.3, -0.25) is 4.79 Å². The summed E-state index contributed by atoms with van der Waals surface area (Å²) in [5.41, 5.74) is 0.755. The minimum Gasteiger partial charge on any atom is -0.326 e. The van der Waals surface area contributed by atoms with Crippen LogP contribution >= 0.6 is 0 Å². The van der Waals surface area contributed by atoms with E-state index in [1.165, 1.54) is 25.5 Å². The number of carbonyl (C=O) groups is 1. The molecule has 3 atom stereocenters. The summed E-state index contributed by atoms with van der Waals surface area (Å²) in [5, 5.41) is 2.64. The van der Waals surface area contributed by atoms with Crippen molar-refractivity contribution in [3.05, 3.63) is 24.3 Å². The van der Waals surface area contributed by atoms with E-state index in [1.54, 1.807) is 12.1 Å². The normalized spacial score (nSPS) is 31.2. The SMILES string of the molecule is CC(=O)Nc1ccc(S(=O)(=O)N[C@@H]2C[C@@H]3CC[C@@]2(C)C3(C)C)cc1. The van der Waals surface area contributed by atoms with Gasteiger partial charge in [-0.2, -0.15) is 0 Å². The van der Waals surface area contributed by atoms with E-state index in [4.69, 9.17) is 0 Å². The first kappa shape index (κ1) is 17.4. The summed E-state index contributed by atoms with van der Waals surface area (Å²) >= 11 is 0. The lowest BCUT2D eigenvalue weighted by atomic mass is 9.69. The van der Waals surface area contributed by atoms with E-state index in [0.29, 0.717) is 11.6 Å². The maximum atomic E-state index is 12.8. The number of hydrogen-bond acceptors (Lipinski definition) is 3. The van der Waals surface area contributed by atoms with E-state index in [-0.39, 0.29) is 27.7 Å². The lowest BCUT2D eigenvalue weighted by molar-refractivity contribution is -0.114. The number of nitrogens with one attached hydrogen (secondary N) is 2. The summed E-state index contributed by atoms with van der Waals surface area (Å²) in [4.78, 5) is 11.3. The average Bonchev–Trinajstić information content (AvgIpc) is 2.80. The van der Waals surface area contributed by atoms with E-state index in [2.05, 4.69) is 30.8 Å². The molecule has 0 radical (unpaired) electrons. The van der Waals surface area contributed by atoms with Crippen LogP contribution in [-0.2, 0) is 14.8 Å². The van der Waals surface area contributed by atoms with Gasteiger partial charge < -0.3 is 5.32 Å². The van der Waals surface area contributed by atoms with Crippen LogP contribution in [0.2, 0.25) is 0 Å². The van der Waals surface area contributed by atoms with Crippen LogP contribution in [0, 0.1) is 16.7 Å². The Kier molecular flexibility index (Phi) is 4.04. The van der Waals surface area contributed by atoms with Gasteiger partial charge in [-0.15, -0.1) is 0 Å². The van der Waals surface area contributed by atoms with Gasteiger partial charge in [0.25, 0.3) is 0 Å². The third-order valence-electron chi connectivity index (χ3n) is 6.58. The fourth-order valence-corrected chi connectivity index (χ4v) is 5.92. The van der Waals surface area contributed by atoms with Gasteiger partial charge in [0.15, 0.2) is 0 Å². The number of benzene rings is 1. The van der Waals surface area contributed by atoms with Crippen LogP contribution in [0.4, 0.5) is 5.69 Å². The van der Waals surface area contributed by atoms with Crippen molar-refractivity contribution in [2.45, 2.75) is 57.9 Å². The van der Waals surface area contributed by atoms with Gasteiger partial charge in [0, 0.05) is 18.7 Å². The molecule has 132 valence electrons. The molecule has 0 aliphatic heterocycles. The Balaban J connectivity index is 1.79. The Morgan fingerprint density at radius 2 is 1.79 bits per heavy atom. The summed E-state index contributed by atoms with van der Waals surface area (Å²) in [6.07, 6.45) is 3.17. The second kappa shape index (κ2) is 5.56. The molecule has 2 N–H and O–H groups in total. The van der Waals surface area contributed by atoms with Gasteiger partial charge in [-0.05, 0) is 60.3 Å². The number of anilines is 1. The van der Waals surface area contributed by atoms with Gasteiger partial charge in [-0.25, -0.2) is 13.1 Å². The van der Waals surface area contributed by atoms with Crippen LogP contribution in [0.15, 0.2) is 29.2 Å². The van der Waals surface area contributed by atoms with E-state index < -0.39 is 10.0 Å². The molecule has 1 amide bonds. The molecule has 2 fully saturated rings. The van der Waals surface area contributed by atoms with E-state index in [9.17, 15) is 13.2 Å². The molecule has 3 rings (SSSR count). The van der Waals surface area contributed by atoms with E-state index >= 15 is 0 Å². The minimum atomic E-state index is -3.56. The molecule has 0 heterocycles. The van der Waals surface area contributed by atoms with Gasteiger partial charge >= 0.3 is 0 Å². The number of hydrogen-bond donors (Lipinski definition) is 2. The van der Waals surface area contributed by atoms with Crippen LogP contribution in [0.5, 0.6) is 0 Å². The zero-order valence-corrected chi connectivity index (χ0v) is 15.5. The quantitative estimate of drug-likeness (QED) is 0.876. The fraction of sp³-hybridized carbons (Fsp3) is 0.611. The van der Waals surface area contributed by atoms with Crippen LogP contribution in [0.25, 0.3) is 0 Å². The van der Waals surface area contributed by atoms with Crippen molar-refractivity contribution >= 4 is 21.6 Å². The molecule has 0 unspecified atom stereocenters. The zero-order valence-electron chi connectivity index (χ0n) is 14.7. The lowest BCUT2D eigenvalue weighted by Gasteiger charge is -2.39. The molecular formula is C18H26N2O3S. The summed E-state index contributed by atoms with van der Waals surface area (Å²) in [7, 11) is -3.56. The Labute approximate surface area is 144 Å². The van der Waals surface area contributed by atoms with E-state index in [1.807, 2.05) is 0 Å². The Bertz CT molecular complexity index is 755. The number of fused-ring (bicyclic) bond motifs is 2. The Morgan fingerprint density at radius 1 is 1.17 bits per heavy atom. The van der Waals surface area contributed by atoms with Crippen molar-refractivity contribution in [1.29, 1.82) is 0 Å². The number of carbonyl (C=O) groups excluding carboxylic acids is 1. The maximum Gasteiger partial charge on any atom is 0.240 e. The highest BCUT2D eigenvalue weighted by atomic mass is 32.2. The highest BCUT2D eigenvalue weighted by Gasteiger charge is 2.61.